The van der Waals surface area contributed by atoms with Crippen molar-refractivity contribution < 1.29 is 4.79 Å². The van der Waals surface area contributed by atoms with Crippen molar-refractivity contribution in [2.75, 3.05) is 5.32 Å². The van der Waals surface area contributed by atoms with Crippen LogP contribution in [0.5, 0.6) is 0 Å². The van der Waals surface area contributed by atoms with Crippen LogP contribution in [0.4, 0.5) is 5.69 Å². The summed E-state index contributed by atoms with van der Waals surface area (Å²) in [4.78, 5) is 12.8. The maximum Gasteiger partial charge on any atom is 0.228 e. The zero-order valence-electron chi connectivity index (χ0n) is 14.9. The van der Waals surface area contributed by atoms with Crippen molar-refractivity contribution in [1.82, 2.24) is 0 Å². The number of nitrogens with one attached hydrogen (secondary N) is 1. The van der Waals surface area contributed by atoms with Crippen LogP contribution in [-0.4, -0.2) is 5.91 Å². The van der Waals surface area contributed by atoms with E-state index in [1.54, 1.807) is 0 Å². The van der Waals surface area contributed by atoms with Gasteiger partial charge in [-0.1, -0.05) is 42.0 Å². The minimum Gasteiger partial charge on any atom is -0.326 e. The number of fused-ring (bicyclic) bond motifs is 1. The topological polar surface area (TPSA) is 29.1 Å². The summed E-state index contributed by atoms with van der Waals surface area (Å²) in [7, 11) is 0. The molecule has 0 spiro atoms. The number of aryl methyl sites for hydroxylation is 2. The number of amides is 1. The number of allylic oxidation sites excluding steroid dienone is 4. The predicted molar refractivity (Wildman–Crippen MR) is 101 cm³/mol. The Bertz CT molecular complexity index is 619. The van der Waals surface area contributed by atoms with Crippen molar-refractivity contribution in [2.24, 2.45) is 17.8 Å². The molecule has 2 aliphatic carbocycles. The number of anilines is 1. The number of carbonyl (C=O) groups is 1. The average molecular weight is 323 g/mol. The van der Waals surface area contributed by atoms with E-state index in [1.165, 1.54) is 5.56 Å². The summed E-state index contributed by atoms with van der Waals surface area (Å²) in [5.74, 6) is 1.55. The summed E-state index contributed by atoms with van der Waals surface area (Å²) in [6.07, 6.45) is 16.0. The molecule has 1 saturated carbocycles. The van der Waals surface area contributed by atoms with Gasteiger partial charge in [-0.05, 0) is 75.8 Å². The molecule has 1 N–H and O–H groups in total. The van der Waals surface area contributed by atoms with Gasteiger partial charge in [-0.25, -0.2) is 0 Å². The molecule has 1 aromatic carbocycles. The lowest BCUT2D eigenvalue weighted by Crippen LogP contribution is -2.16. The molecule has 2 nitrogen and oxygen atoms in total. The lowest BCUT2D eigenvalue weighted by molar-refractivity contribution is -0.117. The molecule has 0 radical (unpaired) electrons. The minimum absolute atomic E-state index is 0.202. The molecule has 3 rings (SSSR count). The third-order valence-corrected chi connectivity index (χ3v) is 5.44. The van der Waals surface area contributed by atoms with E-state index in [9.17, 15) is 4.79 Å². The van der Waals surface area contributed by atoms with Gasteiger partial charge in [0.05, 0.1) is 0 Å². The quantitative estimate of drug-likeness (QED) is 0.708. The van der Waals surface area contributed by atoms with E-state index in [1.807, 2.05) is 6.07 Å². The van der Waals surface area contributed by atoms with E-state index in [0.717, 1.165) is 49.8 Å². The molecule has 2 heteroatoms. The first-order valence-electron chi connectivity index (χ1n) is 9.35. The van der Waals surface area contributed by atoms with Crippen molar-refractivity contribution in [2.45, 2.75) is 52.4 Å². The molecule has 0 bridgehead atoms. The Labute approximate surface area is 146 Å². The Morgan fingerprint density at radius 1 is 0.917 bits per heavy atom. The number of hydrogen-bond donors (Lipinski definition) is 1. The number of benzene rings is 1. The van der Waals surface area contributed by atoms with Crippen molar-refractivity contribution in [3.63, 3.8) is 0 Å². The Morgan fingerprint density at radius 3 is 2.08 bits per heavy atom. The summed E-state index contributed by atoms with van der Waals surface area (Å²) in [6, 6.07) is 6.22. The molecule has 0 aliphatic heterocycles. The molecular weight excluding hydrogens is 294 g/mol. The second kappa shape index (κ2) is 7.83. The van der Waals surface area contributed by atoms with Gasteiger partial charge in [0.25, 0.3) is 0 Å². The Hall–Kier alpha value is -1.83. The van der Waals surface area contributed by atoms with Crippen LogP contribution in [0.15, 0.2) is 42.5 Å². The fourth-order valence-corrected chi connectivity index (χ4v) is 4.03. The van der Waals surface area contributed by atoms with Gasteiger partial charge in [0.15, 0.2) is 0 Å². The van der Waals surface area contributed by atoms with Crippen LogP contribution in [0.25, 0.3) is 0 Å². The fourth-order valence-electron chi connectivity index (χ4n) is 4.03. The molecule has 1 fully saturated rings. The summed E-state index contributed by atoms with van der Waals surface area (Å²) in [5.41, 5.74) is 3.35. The van der Waals surface area contributed by atoms with Crippen LogP contribution in [0.1, 0.15) is 49.7 Å². The standard InChI is InChI=1S/C22H29NO/c1-16-13-14-20(17(2)15-16)23-22(24)21-18-11-9-7-5-3-4-6-8-10-12-19(18)21/h5-8,13-15,18-19,21H,3-4,9-12H2,1-2H3,(H,23,24)/b7-5-,8-6+/t18-,19+,21?/m0/s1. The minimum atomic E-state index is 0.202. The second-order valence-corrected chi connectivity index (χ2v) is 7.34. The van der Waals surface area contributed by atoms with Gasteiger partial charge in [0.1, 0.15) is 0 Å². The van der Waals surface area contributed by atoms with Crippen LogP contribution in [0, 0.1) is 31.6 Å². The van der Waals surface area contributed by atoms with E-state index in [-0.39, 0.29) is 11.8 Å². The van der Waals surface area contributed by atoms with Crippen LogP contribution in [-0.2, 0) is 4.79 Å². The smallest absolute Gasteiger partial charge is 0.228 e. The highest BCUT2D eigenvalue weighted by Crippen LogP contribution is 2.52. The first kappa shape index (κ1) is 17.0. The van der Waals surface area contributed by atoms with E-state index in [4.69, 9.17) is 0 Å². The van der Waals surface area contributed by atoms with Crippen LogP contribution >= 0.6 is 0 Å². The Balaban J connectivity index is 1.64. The van der Waals surface area contributed by atoms with Gasteiger partial charge in [-0.3, -0.25) is 4.79 Å². The van der Waals surface area contributed by atoms with Gasteiger partial charge >= 0.3 is 0 Å². The lowest BCUT2D eigenvalue weighted by atomic mass is 10.1. The summed E-state index contributed by atoms with van der Waals surface area (Å²) < 4.78 is 0. The van der Waals surface area contributed by atoms with Crippen LogP contribution in [0.2, 0.25) is 0 Å². The van der Waals surface area contributed by atoms with Crippen LogP contribution < -0.4 is 5.32 Å². The van der Waals surface area contributed by atoms with Crippen molar-refractivity contribution in [3.8, 4) is 0 Å². The molecule has 1 unspecified atom stereocenters. The molecule has 3 atom stereocenters. The number of carbonyl (C=O) groups excluding carboxylic acids is 1. The fraction of sp³-hybridized carbons (Fsp3) is 0.500. The van der Waals surface area contributed by atoms with Gasteiger partial charge in [-0.2, -0.15) is 0 Å². The molecule has 0 aromatic heterocycles. The van der Waals surface area contributed by atoms with Crippen LogP contribution in [0.3, 0.4) is 0 Å². The van der Waals surface area contributed by atoms with Crippen molar-refractivity contribution in [3.05, 3.63) is 53.6 Å². The second-order valence-electron chi connectivity index (χ2n) is 7.34. The summed E-state index contributed by atoms with van der Waals surface area (Å²) in [5, 5.41) is 3.18. The third-order valence-electron chi connectivity index (χ3n) is 5.44. The third kappa shape index (κ3) is 4.17. The molecule has 24 heavy (non-hydrogen) atoms. The highest BCUT2D eigenvalue weighted by molar-refractivity contribution is 5.95. The Morgan fingerprint density at radius 2 is 1.50 bits per heavy atom. The molecule has 0 heterocycles. The Kier molecular flexibility index (Phi) is 5.55. The van der Waals surface area contributed by atoms with Gasteiger partial charge in [0, 0.05) is 11.6 Å². The lowest BCUT2D eigenvalue weighted by Gasteiger charge is -2.09. The van der Waals surface area contributed by atoms with E-state index in [2.05, 4.69) is 55.6 Å². The van der Waals surface area contributed by atoms with Crippen molar-refractivity contribution in [1.29, 1.82) is 0 Å². The molecule has 128 valence electrons. The molecular formula is C22H29NO. The molecule has 1 aromatic rings. The highest BCUT2D eigenvalue weighted by Gasteiger charge is 2.52. The monoisotopic (exact) mass is 323 g/mol. The molecule has 0 saturated heterocycles. The maximum absolute atomic E-state index is 12.8. The summed E-state index contributed by atoms with van der Waals surface area (Å²) >= 11 is 0. The number of hydrogen-bond acceptors (Lipinski definition) is 1. The normalized spacial score (nSPS) is 29.5. The number of rotatable bonds is 2. The molecule has 2 aliphatic rings. The highest BCUT2D eigenvalue weighted by atomic mass is 16.2. The first-order valence-corrected chi connectivity index (χ1v) is 9.35. The molecule has 1 amide bonds. The van der Waals surface area contributed by atoms with Gasteiger partial charge in [-0.15, -0.1) is 0 Å². The van der Waals surface area contributed by atoms with E-state index >= 15 is 0 Å². The van der Waals surface area contributed by atoms with Gasteiger partial charge in [0.2, 0.25) is 5.91 Å². The van der Waals surface area contributed by atoms with E-state index < -0.39 is 0 Å². The SMILES string of the molecule is Cc1ccc(NC(=O)C2[C@H]3CC/C=C\CC/C=C/CC[C@@H]23)c(C)c1. The predicted octanol–water partition coefficient (Wildman–Crippen LogP) is 5.57. The van der Waals surface area contributed by atoms with Gasteiger partial charge < -0.3 is 5.32 Å². The first-order chi connectivity index (χ1) is 11.7. The zero-order chi connectivity index (χ0) is 16.9. The summed E-state index contributed by atoms with van der Waals surface area (Å²) in [6.45, 7) is 4.15. The zero-order valence-corrected chi connectivity index (χ0v) is 14.9. The maximum atomic E-state index is 12.8. The van der Waals surface area contributed by atoms with Crippen molar-refractivity contribution >= 4 is 11.6 Å². The largest absolute Gasteiger partial charge is 0.326 e. The average Bonchev–Trinajstić information content (AvgIpc) is 3.22. The van der Waals surface area contributed by atoms with E-state index in [0.29, 0.717) is 11.8 Å².